The predicted octanol–water partition coefficient (Wildman–Crippen LogP) is 2.55. The van der Waals surface area contributed by atoms with Gasteiger partial charge in [-0.2, -0.15) is 0 Å². The predicted molar refractivity (Wildman–Crippen MR) is 73.9 cm³/mol. The highest BCUT2D eigenvalue weighted by molar-refractivity contribution is 5.52. The van der Waals surface area contributed by atoms with Gasteiger partial charge in [0.25, 0.3) is 0 Å². The van der Waals surface area contributed by atoms with Gasteiger partial charge in [0.05, 0.1) is 11.8 Å². The molecule has 4 heteroatoms. The Morgan fingerprint density at radius 3 is 2.72 bits per heavy atom. The Kier molecular flexibility index (Phi) is 4.42. The van der Waals surface area contributed by atoms with Crippen LogP contribution in [0.15, 0.2) is 18.3 Å². The van der Waals surface area contributed by atoms with Crippen LogP contribution in [-0.2, 0) is 0 Å². The van der Waals surface area contributed by atoms with Crippen molar-refractivity contribution in [1.29, 1.82) is 0 Å². The Morgan fingerprint density at radius 1 is 1.33 bits per heavy atom. The third kappa shape index (κ3) is 3.60. The smallest absolute Gasteiger partial charge is 0.237 e. The van der Waals surface area contributed by atoms with Crippen LogP contribution in [0.25, 0.3) is 0 Å². The quantitative estimate of drug-likeness (QED) is 0.861. The first-order chi connectivity index (χ1) is 8.65. The van der Waals surface area contributed by atoms with E-state index in [-0.39, 0.29) is 6.10 Å². The zero-order valence-corrected chi connectivity index (χ0v) is 11.2. The molecule has 1 saturated carbocycles. The fourth-order valence-electron chi connectivity index (χ4n) is 2.30. The van der Waals surface area contributed by atoms with Gasteiger partial charge in [-0.25, -0.2) is 4.98 Å². The summed E-state index contributed by atoms with van der Waals surface area (Å²) in [5, 5.41) is 3.53. The number of hydrogen-bond donors (Lipinski definition) is 2. The number of aromatic nitrogens is 1. The van der Waals surface area contributed by atoms with Crippen LogP contribution in [0.2, 0.25) is 0 Å². The summed E-state index contributed by atoms with van der Waals surface area (Å²) >= 11 is 0. The van der Waals surface area contributed by atoms with Gasteiger partial charge in [0.2, 0.25) is 5.88 Å². The monoisotopic (exact) mass is 249 g/mol. The molecule has 100 valence electrons. The third-order valence-electron chi connectivity index (χ3n) is 3.25. The van der Waals surface area contributed by atoms with Gasteiger partial charge < -0.3 is 15.8 Å². The molecule has 0 spiro atoms. The van der Waals surface area contributed by atoms with Crippen molar-refractivity contribution in [2.24, 2.45) is 5.73 Å². The molecule has 1 aromatic rings. The van der Waals surface area contributed by atoms with Gasteiger partial charge in [0, 0.05) is 18.3 Å². The van der Waals surface area contributed by atoms with Crippen molar-refractivity contribution in [3.8, 4) is 5.88 Å². The SMILES string of the molecule is CC(C)Oc1ncccc1NC1CCC(N)CC1. The molecule has 3 N–H and O–H groups in total. The van der Waals surface area contributed by atoms with Gasteiger partial charge in [-0.05, 0) is 51.7 Å². The molecular formula is C14H23N3O. The second-order valence-corrected chi connectivity index (χ2v) is 5.28. The molecule has 4 nitrogen and oxygen atoms in total. The number of nitrogens with two attached hydrogens (primary N) is 1. The van der Waals surface area contributed by atoms with Crippen LogP contribution in [0.1, 0.15) is 39.5 Å². The first-order valence-electron chi connectivity index (χ1n) is 6.79. The van der Waals surface area contributed by atoms with Crippen LogP contribution in [0.5, 0.6) is 5.88 Å². The molecule has 1 aliphatic carbocycles. The maximum Gasteiger partial charge on any atom is 0.237 e. The first kappa shape index (κ1) is 13.1. The minimum absolute atomic E-state index is 0.139. The zero-order chi connectivity index (χ0) is 13.0. The molecule has 1 aliphatic rings. The maximum absolute atomic E-state index is 5.92. The van der Waals surface area contributed by atoms with Crippen molar-refractivity contribution < 1.29 is 4.74 Å². The lowest BCUT2D eigenvalue weighted by Gasteiger charge is -2.28. The summed E-state index contributed by atoms with van der Waals surface area (Å²) in [7, 11) is 0. The lowest BCUT2D eigenvalue weighted by atomic mass is 9.92. The van der Waals surface area contributed by atoms with Crippen LogP contribution in [0, 0.1) is 0 Å². The summed E-state index contributed by atoms with van der Waals surface area (Å²) in [6.45, 7) is 4.02. The fraction of sp³-hybridized carbons (Fsp3) is 0.643. The summed E-state index contributed by atoms with van der Waals surface area (Å²) in [6, 6.07) is 4.83. The number of anilines is 1. The minimum Gasteiger partial charge on any atom is -0.473 e. The Bertz CT molecular complexity index is 373. The molecule has 0 aromatic carbocycles. The van der Waals surface area contributed by atoms with Crippen LogP contribution in [0.3, 0.4) is 0 Å². The van der Waals surface area contributed by atoms with E-state index in [2.05, 4.69) is 10.3 Å². The largest absolute Gasteiger partial charge is 0.473 e. The Morgan fingerprint density at radius 2 is 2.06 bits per heavy atom. The molecule has 1 fully saturated rings. The molecule has 0 unspecified atom stereocenters. The van der Waals surface area contributed by atoms with Crippen LogP contribution < -0.4 is 15.8 Å². The summed E-state index contributed by atoms with van der Waals surface area (Å²) in [5.74, 6) is 0.697. The number of rotatable bonds is 4. The van der Waals surface area contributed by atoms with E-state index in [1.165, 1.54) is 0 Å². The number of nitrogens with one attached hydrogen (secondary N) is 1. The van der Waals surface area contributed by atoms with Crippen LogP contribution in [-0.4, -0.2) is 23.2 Å². The van der Waals surface area contributed by atoms with Crippen molar-refractivity contribution in [3.05, 3.63) is 18.3 Å². The van der Waals surface area contributed by atoms with E-state index >= 15 is 0 Å². The fourth-order valence-corrected chi connectivity index (χ4v) is 2.30. The number of pyridine rings is 1. The van der Waals surface area contributed by atoms with Crippen molar-refractivity contribution in [3.63, 3.8) is 0 Å². The minimum atomic E-state index is 0.139. The Hall–Kier alpha value is -1.29. The van der Waals surface area contributed by atoms with Gasteiger partial charge in [0.15, 0.2) is 0 Å². The van der Waals surface area contributed by atoms with Gasteiger partial charge >= 0.3 is 0 Å². The van der Waals surface area contributed by atoms with E-state index < -0.39 is 0 Å². The molecule has 0 atom stereocenters. The summed E-state index contributed by atoms with van der Waals surface area (Å²) in [6.07, 6.45) is 6.34. The molecule has 1 heterocycles. The average Bonchev–Trinajstić information content (AvgIpc) is 2.34. The van der Waals surface area contributed by atoms with E-state index in [9.17, 15) is 0 Å². The highest BCUT2D eigenvalue weighted by Gasteiger charge is 2.19. The van der Waals surface area contributed by atoms with E-state index in [1.807, 2.05) is 26.0 Å². The summed E-state index contributed by atoms with van der Waals surface area (Å²) in [5.41, 5.74) is 6.91. The number of hydrogen-bond acceptors (Lipinski definition) is 4. The van der Waals surface area contributed by atoms with Crippen molar-refractivity contribution >= 4 is 5.69 Å². The lowest BCUT2D eigenvalue weighted by Crippen LogP contribution is -2.33. The van der Waals surface area contributed by atoms with E-state index in [1.54, 1.807) is 6.20 Å². The standard InChI is InChI=1S/C14H23N3O/c1-10(2)18-14-13(4-3-9-16-14)17-12-7-5-11(15)6-8-12/h3-4,9-12,17H,5-8,15H2,1-2H3. The van der Waals surface area contributed by atoms with Crippen LogP contribution in [0.4, 0.5) is 5.69 Å². The summed E-state index contributed by atoms with van der Waals surface area (Å²) < 4.78 is 5.71. The van der Waals surface area contributed by atoms with Crippen molar-refractivity contribution in [1.82, 2.24) is 4.98 Å². The summed E-state index contributed by atoms with van der Waals surface area (Å²) in [4.78, 5) is 4.29. The second kappa shape index (κ2) is 6.05. The van der Waals surface area contributed by atoms with Crippen molar-refractivity contribution in [2.45, 2.75) is 57.7 Å². The van der Waals surface area contributed by atoms with Crippen LogP contribution >= 0.6 is 0 Å². The Balaban J connectivity index is 2.00. The van der Waals surface area contributed by atoms with E-state index in [0.29, 0.717) is 18.0 Å². The normalized spacial score (nSPS) is 24.0. The molecule has 0 radical (unpaired) electrons. The molecule has 18 heavy (non-hydrogen) atoms. The zero-order valence-electron chi connectivity index (χ0n) is 11.2. The number of nitrogens with zero attached hydrogens (tertiary/aromatic N) is 1. The van der Waals surface area contributed by atoms with Gasteiger partial charge in [-0.15, -0.1) is 0 Å². The highest BCUT2D eigenvalue weighted by atomic mass is 16.5. The van der Waals surface area contributed by atoms with Crippen molar-refractivity contribution in [2.75, 3.05) is 5.32 Å². The van der Waals surface area contributed by atoms with Gasteiger partial charge in [-0.3, -0.25) is 0 Å². The van der Waals surface area contributed by atoms with E-state index in [4.69, 9.17) is 10.5 Å². The first-order valence-corrected chi connectivity index (χ1v) is 6.79. The molecule has 1 aromatic heterocycles. The molecule has 0 aliphatic heterocycles. The third-order valence-corrected chi connectivity index (χ3v) is 3.25. The lowest BCUT2D eigenvalue weighted by molar-refractivity contribution is 0.233. The molecule has 0 amide bonds. The van der Waals surface area contributed by atoms with Gasteiger partial charge in [-0.1, -0.05) is 0 Å². The Labute approximate surface area is 109 Å². The number of ether oxygens (including phenoxy) is 1. The van der Waals surface area contributed by atoms with E-state index in [0.717, 1.165) is 31.4 Å². The molecule has 2 rings (SSSR count). The molecule has 0 saturated heterocycles. The van der Waals surface area contributed by atoms with Gasteiger partial charge in [0.1, 0.15) is 0 Å². The maximum atomic E-state index is 5.92. The topological polar surface area (TPSA) is 60.2 Å². The highest BCUT2D eigenvalue weighted by Crippen LogP contribution is 2.26. The average molecular weight is 249 g/mol. The second-order valence-electron chi connectivity index (χ2n) is 5.28. The molecule has 0 bridgehead atoms. The molecular weight excluding hydrogens is 226 g/mol.